The Kier molecular flexibility index (Phi) is 7.48. The first-order valence-electron chi connectivity index (χ1n) is 10.0. The molecule has 0 spiro atoms. The summed E-state index contributed by atoms with van der Waals surface area (Å²) >= 11 is 5.76. The first-order valence-corrected chi connectivity index (χ1v) is 12.1. The summed E-state index contributed by atoms with van der Waals surface area (Å²) < 4.78 is 35.3. The fraction of sp³-hybridized carbons (Fsp3) is 0.333. The van der Waals surface area contributed by atoms with Gasteiger partial charge in [-0.2, -0.15) is 0 Å². The predicted octanol–water partition coefficient (Wildman–Crippen LogP) is 2.25. The van der Waals surface area contributed by atoms with Gasteiger partial charge in [-0.1, -0.05) is 13.0 Å². The minimum Gasteiger partial charge on any atom is -0.464 e. The number of aryl methyl sites for hydroxylation is 2. The third-order valence-electron chi connectivity index (χ3n) is 5.05. The number of aliphatic hydroxyl groups is 1. The Morgan fingerprint density at radius 2 is 1.88 bits per heavy atom. The Bertz CT molecular complexity index is 1330. The van der Waals surface area contributed by atoms with Gasteiger partial charge in [0, 0.05) is 5.88 Å². The lowest BCUT2D eigenvalue weighted by atomic mass is 10.1. The standard InChI is InChI=1S/C21H24ClN3O7S/c1-3-13(15-7-4-11(2)32-15)24-16-17(19(28)18(16)27)25-14-6-5-12(8-9-22)21(33(23,29)30)20(14)31-10-26/h4-7,13,24-26H,3,8-10H2,1-2H3,(H2,23,29,30). The van der Waals surface area contributed by atoms with Gasteiger partial charge in [-0.3, -0.25) is 9.59 Å². The van der Waals surface area contributed by atoms with Crippen molar-refractivity contribution < 1.29 is 22.7 Å². The maximum Gasteiger partial charge on any atom is 0.253 e. The molecule has 0 saturated carbocycles. The summed E-state index contributed by atoms with van der Waals surface area (Å²) in [6.07, 6.45) is 0.732. The minimum atomic E-state index is -4.28. The van der Waals surface area contributed by atoms with Gasteiger partial charge in [-0.15, -0.1) is 11.6 Å². The molecule has 0 amide bonds. The maximum absolute atomic E-state index is 12.3. The lowest BCUT2D eigenvalue weighted by molar-refractivity contribution is 0.0963. The summed E-state index contributed by atoms with van der Waals surface area (Å²) in [5.74, 6) is 1.13. The van der Waals surface area contributed by atoms with Gasteiger partial charge in [0.25, 0.3) is 10.9 Å². The van der Waals surface area contributed by atoms with E-state index < -0.39 is 27.7 Å². The van der Waals surface area contributed by atoms with E-state index in [-0.39, 0.29) is 51.6 Å². The second-order valence-electron chi connectivity index (χ2n) is 7.27. The molecule has 2 aromatic carbocycles. The first kappa shape index (κ1) is 24.8. The van der Waals surface area contributed by atoms with Crippen LogP contribution >= 0.6 is 11.6 Å². The van der Waals surface area contributed by atoms with Crippen molar-refractivity contribution in [1.82, 2.24) is 0 Å². The molecule has 1 heterocycles. The number of aliphatic hydroxyl groups excluding tert-OH is 1. The topological polar surface area (TPSA) is 161 Å². The number of alkyl halides is 1. The molecule has 1 aromatic heterocycles. The highest BCUT2D eigenvalue weighted by atomic mass is 35.5. The van der Waals surface area contributed by atoms with Gasteiger partial charge in [-0.05, 0) is 43.5 Å². The van der Waals surface area contributed by atoms with Crippen molar-refractivity contribution in [2.45, 2.75) is 37.6 Å². The number of hydrogen-bond donors (Lipinski definition) is 4. The SMILES string of the molecule is CCC(Nc1c(Nc2ccc(CCCl)c(S(N)(=O)=O)c2OCO)c(=O)c1=O)c1ccc(C)o1. The molecule has 178 valence electrons. The fourth-order valence-corrected chi connectivity index (χ4v) is 4.66. The van der Waals surface area contributed by atoms with E-state index in [1.165, 1.54) is 12.1 Å². The van der Waals surface area contributed by atoms with Crippen molar-refractivity contribution in [2.75, 3.05) is 23.3 Å². The van der Waals surface area contributed by atoms with Crippen LogP contribution in [0.25, 0.3) is 0 Å². The molecule has 33 heavy (non-hydrogen) atoms. The van der Waals surface area contributed by atoms with E-state index in [2.05, 4.69) is 10.6 Å². The molecular formula is C21H24ClN3O7S. The highest BCUT2D eigenvalue weighted by molar-refractivity contribution is 7.89. The molecule has 0 aliphatic carbocycles. The van der Waals surface area contributed by atoms with Crippen LogP contribution in [0.2, 0.25) is 0 Å². The van der Waals surface area contributed by atoms with E-state index in [0.29, 0.717) is 17.9 Å². The quantitative estimate of drug-likeness (QED) is 0.177. The molecule has 0 radical (unpaired) electrons. The molecule has 0 fully saturated rings. The third-order valence-corrected chi connectivity index (χ3v) is 6.26. The van der Waals surface area contributed by atoms with Crippen molar-refractivity contribution in [1.29, 1.82) is 0 Å². The summed E-state index contributed by atoms with van der Waals surface area (Å²) in [7, 11) is -4.28. The molecule has 3 aromatic rings. The number of sulfonamides is 1. The second kappa shape index (κ2) is 9.96. The first-order chi connectivity index (χ1) is 15.6. The van der Waals surface area contributed by atoms with Crippen molar-refractivity contribution in [3.05, 3.63) is 61.8 Å². The lowest BCUT2D eigenvalue weighted by Crippen LogP contribution is -2.37. The molecule has 5 N–H and O–H groups in total. The molecule has 1 atom stereocenters. The summed E-state index contributed by atoms with van der Waals surface area (Å²) in [6, 6.07) is 6.11. The van der Waals surface area contributed by atoms with E-state index in [0.717, 1.165) is 0 Å². The number of nitrogens with one attached hydrogen (secondary N) is 2. The van der Waals surface area contributed by atoms with Crippen LogP contribution in [0, 0.1) is 6.92 Å². The molecule has 0 aliphatic rings. The summed E-state index contributed by atoms with van der Waals surface area (Å²) in [4.78, 5) is 24.2. The monoisotopic (exact) mass is 497 g/mol. The van der Waals surface area contributed by atoms with Crippen LogP contribution in [0.4, 0.5) is 17.1 Å². The molecule has 12 heteroatoms. The Balaban J connectivity index is 2.03. The van der Waals surface area contributed by atoms with E-state index in [1.54, 1.807) is 19.1 Å². The van der Waals surface area contributed by atoms with Crippen LogP contribution in [0.1, 0.15) is 36.5 Å². The summed E-state index contributed by atoms with van der Waals surface area (Å²) in [5.41, 5.74) is -1.26. The Hall–Kier alpha value is -2.86. The highest BCUT2D eigenvalue weighted by Crippen LogP contribution is 2.38. The van der Waals surface area contributed by atoms with Gasteiger partial charge >= 0.3 is 0 Å². The van der Waals surface area contributed by atoms with Crippen LogP contribution in [0.3, 0.4) is 0 Å². The highest BCUT2D eigenvalue weighted by Gasteiger charge is 2.28. The molecule has 0 aliphatic heterocycles. The third kappa shape index (κ3) is 5.06. The van der Waals surface area contributed by atoms with Gasteiger partial charge in [-0.25, -0.2) is 13.6 Å². The average molecular weight is 498 g/mol. The number of anilines is 3. The predicted molar refractivity (Wildman–Crippen MR) is 125 cm³/mol. The summed E-state index contributed by atoms with van der Waals surface area (Å²) in [5, 5.41) is 20.5. The lowest BCUT2D eigenvalue weighted by Gasteiger charge is -2.22. The van der Waals surface area contributed by atoms with E-state index in [1.807, 2.05) is 6.92 Å². The second-order valence-corrected chi connectivity index (χ2v) is 9.15. The zero-order valence-electron chi connectivity index (χ0n) is 18.0. The average Bonchev–Trinajstić information content (AvgIpc) is 3.19. The van der Waals surface area contributed by atoms with Crippen LogP contribution in [0.15, 0.2) is 43.2 Å². The Morgan fingerprint density at radius 3 is 2.42 bits per heavy atom. The molecule has 0 saturated heterocycles. The van der Waals surface area contributed by atoms with Crippen LogP contribution < -0.4 is 31.4 Å². The number of furan rings is 1. The van der Waals surface area contributed by atoms with Crippen LogP contribution in [-0.2, 0) is 16.4 Å². The molecule has 0 bridgehead atoms. The van der Waals surface area contributed by atoms with Crippen molar-refractivity contribution >= 4 is 38.7 Å². The number of primary sulfonamides is 1. The maximum atomic E-state index is 12.3. The number of hydrogen-bond acceptors (Lipinski definition) is 9. The molecular weight excluding hydrogens is 474 g/mol. The van der Waals surface area contributed by atoms with Gasteiger partial charge in [0.1, 0.15) is 27.8 Å². The minimum absolute atomic E-state index is 0.0258. The Labute approximate surface area is 195 Å². The number of ether oxygens (including phenoxy) is 1. The zero-order valence-corrected chi connectivity index (χ0v) is 19.5. The van der Waals surface area contributed by atoms with Crippen molar-refractivity contribution in [2.24, 2.45) is 5.14 Å². The van der Waals surface area contributed by atoms with Gasteiger partial charge in [0.05, 0.1) is 11.7 Å². The van der Waals surface area contributed by atoms with Crippen molar-refractivity contribution in [3.8, 4) is 5.75 Å². The number of nitrogens with two attached hydrogens (primary N) is 1. The smallest absolute Gasteiger partial charge is 0.253 e. The van der Waals surface area contributed by atoms with Crippen LogP contribution in [0.5, 0.6) is 5.75 Å². The molecule has 10 nitrogen and oxygen atoms in total. The molecule has 3 rings (SSSR count). The fourth-order valence-electron chi connectivity index (χ4n) is 3.49. The van der Waals surface area contributed by atoms with E-state index in [9.17, 15) is 23.1 Å². The summed E-state index contributed by atoms with van der Waals surface area (Å²) in [6.45, 7) is 2.82. The number of halogens is 1. The van der Waals surface area contributed by atoms with Gasteiger partial charge in [0.2, 0.25) is 10.0 Å². The molecule has 1 unspecified atom stereocenters. The number of rotatable bonds is 11. The van der Waals surface area contributed by atoms with Gasteiger partial charge in [0.15, 0.2) is 12.5 Å². The normalized spacial score (nSPS) is 12.6. The Morgan fingerprint density at radius 1 is 1.18 bits per heavy atom. The van der Waals surface area contributed by atoms with Crippen molar-refractivity contribution in [3.63, 3.8) is 0 Å². The zero-order chi connectivity index (χ0) is 24.3. The van der Waals surface area contributed by atoms with Gasteiger partial charge < -0.3 is 24.9 Å². The van der Waals surface area contributed by atoms with Crippen LogP contribution in [-0.4, -0.2) is 26.2 Å². The van der Waals surface area contributed by atoms with E-state index in [4.69, 9.17) is 25.9 Å². The largest absolute Gasteiger partial charge is 0.464 e. The van der Waals surface area contributed by atoms with E-state index >= 15 is 0 Å². The number of benzene rings is 1.